The standard InChI is InChI=1S/C19H23N5O5S/c1-13-21-16(24(26)27)15(23(13)17(25)29-18(2,3)4)19(12-20,14-5-10-30-11-14)22-6-8-28-9-7-22/h5,10-11H,6-9H2,1-4H3. The number of nitrogens with zero attached hydrogens (tertiary/aromatic N) is 5. The van der Waals surface area contributed by atoms with E-state index in [1.54, 1.807) is 42.5 Å². The van der Waals surface area contributed by atoms with Gasteiger partial charge in [0.2, 0.25) is 5.82 Å². The van der Waals surface area contributed by atoms with Crippen molar-refractivity contribution in [3.05, 3.63) is 44.0 Å². The molecule has 160 valence electrons. The molecule has 0 N–H and O–H groups in total. The number of imidazole rings is 1. The Hall–Kier alpha value is -2.81. The van der Waals surface area contributed by atoms with E-state index in [9.17, 15) is 20.2 Å². The van der Waals surface area contributed by atoms with Gasteiger partial charge in [-0.05, 0) is 47.5 Å². The Morgan fingerprint density at radius 1 is 1.40 bits per heavy atom. The minimum Gasteiger partial charge on any atom is -0.443 e. The van der Waals surface area contributed by atoms with Gasteiger partial charge >= 0.3 is 11.9 Å². The highest BCUT2D eigenvalue weighted by Gasteiger charge is 2.52. The fourth-order valence-corrected chi connectivity index (χ4v) is 4.23. The average molecular weight is 433 g/mol. The van der Waals surface area contributed by atoms with Crippen molar-refractivity contribution in [1.82, 2.24) is 14.5 Å². The molecule has 10 nitrogen and oxygen atoms in total. The third-order valence-corrected chi connectivity index (χ3v) is 5.39. The van der Waals surface area contributed by atoms with Gasteiger partial charge in [-0.15, -0.1) is 0 Å². The lowest BCUT2D eigenvalue weighted by Gasteiger charge is -2.40. The molecule has 0 aromatic carbocycles. The second-order valence-corrected chi connectivity index (χ2v) is 8.62. The molecule has 0 bridgehead atoms. The molecular formula is C19H23N5O5S. The van der Waals surface area contributed by atoms with Gasteiger partial charge < -0.3 is 19.6 Å². The largest absolute Gasteiger partial charge is 0.443 e. The average Bonchev–Trinajstić information content (AvgIpc) is 3.31. The number of morpholine rings is 1. The van der Waals surface area contributed by atoms with Gasteiger partial charge in [0.05, 0.1) is 19.3 Å². The predicted molar refractivity (Wildman–Crippen MR) is 108 cm³/mol. The molecule has 2 aromatic heterocycles. The summed E-state index contributed by atoms with van der Waals surface area (Å²) in [5.41, 5.74) is -2.03. The zero-order valence-corrected chi connectivity index (χ0v) is 18.1. The van der Waals surface area contributed by atoms with Crippen LogP contribution < -0.4 is 0 Å². The first-order chi connectivity index (χ1) is 14.1. The number of aryl methyl sites for hydroxylation is 1. The molecule has 3 heterocycles. The van der Waals surface area contributed by atoms with Crippen LogP contribution in [0.4, 0.5) is 10.6 Å². The van der Waals surface area contributed by atoms with Crippen LogP contribution >= 0.6 is 11.3 Å². The van der Waals surface area contributed by atoms with Crippen molar-refractivity contribution >= 4 is 23.2 Å². The van der Waals surface area contributed by atoms with Crippen molar-refractivity contribution < 1.29 is 19.2 Å². The number of hydrogen-bond acceptors (Lipinski definition) is 9. The van der Waals surface area contributed by atoms with E-state index in [1.807, 2.05) is 0 Å². The van der Waals surface area contributed by atoms with Crippen LogP contribution in [-0.4, -0.2) is 57.4 Å². The van der Waals surface area contributed by atoms with Gasteiger partial charge in [-0.25, -0.2) is 9.36 Å². The second-order valence-electron chi connectivity index (χ2n) is 7.84. The maximum atomic E-state index is 13.1. The zero-order chi connectivity index (χ0) is 22.1. The number of carbonyl (C=O) groups excluding carboxylic acids is 1. The van der Waals surface area contributed by atoms with Crippen molar-refractivity contribution in [3.63, 3.8) is 0 Å². The van der Waals surface area contributed by atoms with Crippen molar-refractivity contribution in [2.75, 3.05) is 26.3 Å². The van der Waals surface area contributed by atoms with Gasteiger partial charge in [0.1, 0.15) is 5.60 Å². The van der Waals surface area contributed by atoms with E-state index < -0.39 is 28.0 Å². The summed E-state index contributed by atoms with van der Waals surface area (Å²) in [6.07, 6.45) is -0.821. The third-order valence-electron chi connectivity index (χ3n) is 4.70. The lowest BCUT2D eigenvalue weighted by atomic mass is 9.87. The monoisotopic (exact) mass is 433 g/mol. The molecule has 0 amide bonds. The molecule has 1 unspecified atom stereocenters. The fraction of sp³-hybridized carbons (Fsp3) is 0.526. The molecule has 30 heavy (non-hydrogen) atoms. The molecule has 0 aliphatic carbocycles. The topological polar surface area (TPSA) is 124 Å². The van der Waals surface area contributed by atoms with Crippen LogP contribution in [0.5, 0.6) is 0 Å². The van der Waals surface area contributed by atoms with Crippen molar-refractivity contribution in [2.24, 2.45) is 0 Å². The Kier molecular flexibility index (Phi) is 5.94. The number of thiophene rings is 1. The van der Waals surface area contributed by atoms with Crippen LogP contribution in [0, 0.1) is 28.4 Å². The molecule has 0 saturated carbocycles. The van der Waals surface area contributed by atoms with Crippen LogP contribution in [0.2, 0.25) is 0 Å². The van der Waals surface area contributed by atoms with Gasteiger partial charge in [-0.2, -0.15) is 16.6 Å². The van der Waals surface area contributed by atoms with Gasteiger partial charge in [0.15, 0.2) is 11.2 Å². The highest BCUT2D eigenvalue weighted by molar-refractivity contribution is 7.08. The van der Waals surface area contributed by atoms with E-state index in [1.165, 1.54) is 18.3 Å². The zero-order valence-electron chi connectivity index (χ0n) is 17.2. The Bertz CT molecular complexity index is 982. The van der Waals surface area contributed by atoms with Gasteiger partial charge in [-0.3, -0.25) is 4.90 Å². The molecule has 1 atom stereocenters. The summed E-state index contributed by atoms with van der Waals surface area (Å²) in [5.74, 6) is -0.466. The first-order valence-electron chi connectivity index (χ1n) is 9.36. The molecule has 11 heteroatoms. The number of nitriles is 1. The summed E-state index contributed by atoms with van der Waals surface area (Å²) in [7, 11) is 0. The maximum Gasteiger partial charge on any atom is 0.422 e. The molecular weight excluding hydrogens is 410 g/mol. The number of aromatic nitrogens is 2. The van der Waals surface area contributed by atoms with E-state index in [-0.39, 0.29) is 11.5 Å². The lowest BCUT2D eigenvalue weighted by Crippen LogP contribution is -2.52. The van der Waals surface area contributed by atoms with Crippen LogP contribution in [0.15, 0.2) is 16.8 Å². The number of nitro groups is 1. The summed E-state index contributed by atoms with van der Waals surface area (Å²) < 4.78 is 12.0. The minimum atomic E-state index is -1.61. The van der Waals surface area contributed by atoms with Crippen molar-refractivity contribution in [1.29, 1.82) is 5.26 Å². The maximum absolute atomic E-state index is 13.1. The number of carbonyl (C=O) groups is 1. The first-order valence-corrected chi connectivity index (χ1v) is 10.3. The minimum absolute atomic E-state index is 0.0778. The summed E-state index contributed by atoms with van der Waals surface area (Å²) in [4.78, 5) is 30.2. The Balaban J connectivity index is 2.34. The third kappa shape index (κ3) is 3.81. The van der Waals surface area contributed by atoms with Crippen molar-refractivity contribution in [2.45, 2.75) is 38.8 Å². The van der Waals surface area contributed by atoms with Crippen molar-refractivity contribution in [3.8, 4) is 6.07 Å². The molecule has 0 radical (unpaired) electrons. The second kappa shape index (κ2) is 8.14. The molecule has 1 aliphatic rings. The molecule has 1 saturated heterocycles. The molecule has 1 fully saturated rings. The molecule has 3 rings (SSSR count). The predicted octanol–water partition coefficient (Wildman–Crippen LogP) is 3.04. The summed E-state index contributed by atoms with van der Waals surface area (Å²) in [5, 5.41) is 25.9. The van der Waals surface area contributed by atoms with E-state index >= 15 is 0 Å². The number of ether oxygens (including phenoxy) is 2. The quantitative estimate of drug-likeness (QED) is 0.532. The van der Waals surface area contributed by atoms with Crippen LogP contribution in [-0.2, 0) is 15.0 Å². The Labute approximate surface area is 177 Å². The van der Waals surface area contributed by atoms with Gasteiger partial charge in [-0.1, -0.05) is 0 Å². The summed E-state index contributed by atoms with van der Waals surface area (Å²) >= 11 is 1.36. The summed E-state index contributed by atoms with van der Waals surface area (Å²) in [6.45, 7) is 8.02. The number of rotatable bonds is 4. The SMILES string of the molecule is Cc1nc([N+](=O)[O-])c(C(C#N)(c2ccsc2)N2CCOCC2)n1C(=O)OC(C)(C)C. The molecule has 0 spiro atoms. The normalized spacial score (nSPS) is 17.2. The number of hydrogen-bond donors (Lipinski definition) is 0. The van der Waals surface area contributed by atoms with E-state index in [0.29, 0.717) is 31.9 Å². The first kappa shape index (κ1) is 21.9. The smallest absolute Gasteiger partial charge is 0.422 e. The van der Waals surface area contributed by atoms with E-state index in [0.717, 1.165) is 4.57 Å². The van der Waals surface area contributed by atoms with Crippen LogP contribution in [0.1, 0.15) is 37.9 Å². The fourth-order valence-electron chi connectivity index (χ4n) is 3.53. The molecule has 2 aromatic rings. The Morgan fingerprint density at radius 3 is 2.57 bits per heavy atom. The Morgan fingerprint density at radius 2 is 2.07 bits per heavy atom. The summed E-state index contributed by atoms with van der Waals surface area (Å²) in [6, 6.07) is 4.01. The van der Waals surface area contributed by atoms with Crippen LogP contribution in [0.25, 0.3) is 0 Å². The van der Waals surface area contributed by atoms with Gasteiger partial charge in [0, 0.05) is 25.6 Å². The van der Waals surface area contributed by atoms with E-state index in [4.69, 9.17) is 9.47 Å². The van der Waals surface area contributed by atoms with Crippen LogP contribution in [0.3, 0.4) is 0 Å². The highest BCUT2D eigenvalue weighted by atomic mass is 32.1. The lowest BCUT2D eigenvalue weighted by molar-refractivity contribution is -0.390. The van der Waals surface area contributed by atoms with E-state index in [2.05, 4.69) is 11.1 Å². The highest BCUT2D eigenvalue weighted by Crippen LogP contribution is 2.42. The van der Waals surface area contributed by atoms with Gasteiger partial charge in [0.25, 0.3) is 0 Å². The molecule has 1 aliphatic heterocycles.